The molecule has 0 heterocycles. The Hall–Kier alpha value is -1.78. The van der Waals surface area contributed by atoms with E-state index < -0.39 is 0 Å². The molecule has 0 aliphatic carbocycles. The zero-order chi connectivity index (χ0) is 20.2. The number of nitrogens with one attached hydrogen (secondary N) is 1. The van der Waals surface area contributed by atoms with Crippen molar-refractivity contribution >= 4 is 11.6 Å². The van der Waals surface area contributed by atoms with E-state index in [1.807, 2.05) is 13.0 Å². The molecule has 0 amide bonds. The molecule has 0 saturated heterocycles. The number of ether oxygens (including phenoxy) is 2. The lowest BCUT2D eigenvalue weighted by Gasteiger charge is -2.15. The minimum Gasteiger partial charge on any atom is -0.490 e. The van der Waals surface area contributed by atoms with E-state index in [1.165, 1.54) is 38.2 Å². The number of hydrogen-bond donors (Lipinski definition) is 1. The topological polar surface area (TPSA) is 30.5 Å². The van der Waals surface area contributed by atoms with Crippen molar-refractivity contribution < 1.29 is 13.9 Å². The van der Waals surface area contributed by atoms with Crippen LogP contribution in [-0.2, 0) is 13.2 Å². The molecule has 154 valence electrons. The van der Waals surface area contributed by atoms with Crippen LogP contribution in [0.2, 0.25) is 5.02 Å². The van der Waals surface area contributed by atoms with E-state index in [9.17, 15) is 4.39 Å². The lowest BCUT2D eigenvalue weighted by molar-refractivity contribution is 0.265. The summed E-state index contributed by atoms with van der Waals surface area (Å²) in [5.41, 5.74) is 1.46. The van der Waals surface area contributed by atoms with Crippen molar-refractivity contribution in [1.29, 1.82) is 0 Å². The van der Waals surface area contributed by atoms with Gasteiger partial charge in [0.2, 0.25) is 0 Å². The van der Waals surface area contributed by atoms with Crippen LogP contribution in [0.5, 0.6) is 11.5 Å². The van der Waals surface area contributed by atoms with Crippen LogP contribution < -0.4 is 14.8 Å². The third-order valence-corrected chi connectivity index (χ3v) is 4.88. The minimum atomic E-state index is -0.286. The van der Waals surface area contributed by atoms with Crippen LogP contribution in [-0.4, -0.2) is 13.2 Å². The lowest BCUT2D eigenvalue weighted by Crippen LogP contribution is -2.15. The Morgan fingerprint density at radius 1 is 0.929 bits per heavy atom. The summed E-state index contributed by atoms with van der Waals surface area (Å²) in [4.78, 5) is 0. The van der Waals surface area contributed by atoms with Crippen molar-refractivity contribution in [2.45, 2.75) is 59.1 Å². The SMILES string of the molecule is CCCCCCCNCc1cc(OCC)c(OCc2ccccc2F)cc1Cl. The minimum absolute atomic E-state index is 0.123. The van der Waals surface area contributed by atoms with Crippen molar-refractivity contribution in [3.63, 3.8) is 0 Å². The summed E-state index contributed by atoms with van der Waals surface area (Å²) in [5, 5.41) is 4.06. The summed E-state index contributed by atoms with van der Waals surface area (Å²) >= 11 is 6.45. The largest absolute Gasteiger partial charge is 0.490 e. The third kappa shape index (κ3) is 7.33. The van der Waals surface area contributed by atoms with Crippen LogP contribution in [0.15, 0.2) is 36.4 Å². The second-order valence-corrected chi connectivity index (χ2v) is 7.20. The van der Waals surface area contributed by atoms with Crippen LogP contribution in [0, 0.1) is 5.82 Å². The zero-order valence-electron chi connectivity index (χ0n) is 16.9. The molecule has 2 rings (SSSR count). The first-order valence-electron chi connectivity index (χ1n) is 10.2. The van der Waals surface area contributed by atoms with Gasteiger partial charge < -0.3 is 14.8 Å². The normalized spacial score (nSPS) is 10.9. The molecule has 0 radical (unpaired) electrons. The number of unbranched alkanes of at least 4 members (excludes halogenated alkanes) is 4. The molecule has 28 heavy (non-hydrogen) atoms. The fourth-order valence-corrected chi connectivity index (χ4v) is 3.16. The number of hydrogen-bond acceptors (Lipinski definition) is 3. The number of rotatable bonds is 13. The van der Waals surface area contributed by atoms with Crippen molar-refractivity contribution in [1.82, 2.24) is 5.32 Å². The molecule has 0 bridgehead atoms. The molecule has 1 N–H and O–H groups in total. The van der Waals surface area contributed by atoms with Crippen LogP contribution in [0.1, 0.15) is 57.1 Å². The summed E-state index contributed by atoms with van der Waals surface area (Å²) in [5.74, 6) is 0.868. The second-order valence-electron chi connectivity index (χ2n) is 6.79. The Morgan fingerprint density at radius 3 is 2.43 bits per heavy atom. The first-order valence-corrected chi connectivity index (χ1v) is 10.6. The van der Waals surface area contributed by atoms with E-state index in [4.69, 9.17) is 21.1 Å². The maximum atomic E-state index is 13.8. The Balaban J connectivity index is 1.95. The van der Waals surface area contributed by atoms with Crippen molar-refractivity contribution in [2.75, 3.05) is 13.2 Å². The molecule has 0 atom stereocenters. The third-order valence-electron chi connectivity index (χ3n) is 4.53. The highest BCUT2D eigenvalue weighted by atomic mass is 35.5. The predicted molar refractivity (Wildman–Crippen MR) is 114 cm³/mol. The molecular formula is C23H31ClFNO2. The maximum Gasteiger partial charge on any atom is 0.163 e. The van der Waals surface area contributed by atoms with Gasteiger partial charge in [0.05, 0.1) is 6.61 Å². The average Bonchev–Trinajstić information content (AvgIpc) is 2.69. The first-order chi connectivity index (χ1) is 13.7. The molecule has 0 aliphatic heterocycles. The summed E-state index contributed by atoms with van der Waals surface area (Å²) in [6.07, 6.45) is 6.27. The molecule has 5 heteroatoms. The van der Waals surface area contributed by atoms with Gasteiger partial charge in [0.25, 0.3) is 0 Å². The quantitative estimate of drug-likeness (QED) is 0.383. The van der Waals surface area contributed by atoms with Crippen LogP contribution >= 0.6 is 11.6 Å². The monoisotopic (exact) mass is 407 g/mol. The van der Waals surface area contributed by atoms with Crippen LogP contribution in [0.4, 0.5) is 4.39 Å². The Labute approximate surface area is 173 Å². The highest BCUT2D eigenvalue weighted by molar-refractivity contribution is 6.31. The van der Waals surface area contributed by atoms with Crippen molar-refractivity contribution in [3.05, 3.63) is 58.4 Å². The molecular weight excluding hydrogens is 377 g/mol. The van der Waals surface area contributed by atoms with E-state index in [0.29, 0.717) is 35.2 Å². The van der Waals surface area contributed by atoms with Crippen LogP contribution in [0.25, 0.3) is 0 Å². The smallest absolute Gasteiger partial charge is 0.163 e. The lowest BCUT2D eigenvalue weighted by atomic mass is 10.1. The van der Waals surface area contributed by atoms with Gasteiger partial charge in [-0.15, -0.1) is 0 Å². The van der Waals surface area contributed by atoms with Gasteiger partial charge in [-0.25, -0.2) is 4.39 Å². The van der Waals surface area contributed by atoms with Gasteiger partial charge in [-0.3, -0.25) is 0 Å². The predicted octanol–water partition coefficient (Wildman–Crippen LogP) is 6.52. The maximum absolute atomic E-state index is 13.8. The fraction of sp³-hybridized carbons (Fsp3) is 0.478. The molecule has 2 aromatic carbocycles. The Kier molecular flexibility index (Phi) is 10.2. The molecule has 0 aliphatic rings. The average molecular weight is 408 g/mol. The summed E-state index contributed by atoms with van der Waals surface area (Å²) in [6.45, 7) is 6.43. The van der Waals surface area contributed by atoms with Gasteiger partial charge in [0.1, 0.15) is 12.4 Å². The second kappa shape index (κ2) is 12.6. The van der Waals surface area contributed by atoms with Gasteiger partial charge >= 0.3 is 0 Å². The Bertz CT molecular complexity index is 724. The fourth-order valence-electron chi connectivity index (χ4n) is 2.94. The highest BCUT2D eigenvalue weighted by Gasteiger charge is 2.12. The Morgan fingerprint density at radius 2 is 1.68 bits per heavy atom. The van der Waals surface area contributed by atoms with Crippen LogP contribution in [0.3, 0.4) is 0 Å². The van der Waals surface area contributed by atoms with Gasteiger partial charge in [-0.05, 0) is 37.6 Å². The number of halogens is 2. The molecule has 2 aromatic rings. The van der Waals surface area contributed by atoms with Gasteiger partial charge in [0.15, 0.2) is 11.5 Å². The zero-order valence-corrected chi connectivity index (χ0v) is 17.7. The van der Waals surface area contributed by atoms with E-state index in [0.717, 1.165) is 12.1 Å². The highest BCUT2D eigenvalue weighted by Crippen LogP contribution is 2.34. The molecule has 0 spiro atoms. The van der Waals surface area contributed by atoms with Gasteiger partial charge in [0, 0.05) is 23.2 Å². The first kappa shape index (κ1) is 22.5. The van der Waals surface area contributed by atoms with E-state index in [-0.39, 0.29) is 12.4 Å². The molecule has 0 fully saturated rings. The summed E-state index contributed by atoms with van der Waals surface area (Å²) in [7, 11) is 0. The standard InChI is InChI=1S/C23H31ClFNO2/c1-3-5-6-7-10-13-26-16-19-14-22(27-4-2)23(15-20(19)24)28-17-18-11-8-9-12-21(18)25/h8-9,11-12,14-15,26H,3-7,10,13,16-17H2,1-2H3. The molecule has 0 saturated carbocycles. The molecule has 3 nitrogen and oxygen atoms in total. The van der Waals surface area contributed by atoms with E-state index >= 15 is 0 Å². The van der Waals surface area contributed by atoms with E-state index in [1.54, 1.807) is 24.3 Å². The number of benzene rings is 2. The van der Waals surface area contributed by atoms with Crippen molar-refractivity contribution in [2.24, 2.45) is 0 Å². The van der Waals surface area contributed by atoms with Gasteiger partial charge in [-0.1, -0.05) is 62.4 Å². The molecule has 0 aromatic heterocycles. The molecule has 0 unspecified atom stereocenters. The van der Waals surface area contributed by atoms with Crippen molar-refractivity contribution in [3.8, 4) is 11.5 Å². The van der Waals surface area contributed by atoms with E-state index in [2.05, 4.69) is 12.2 Å². The van der Waals surface area contributed by atoms with Gasteiger partial charge in [-0.2, -0.15) is 0 Å². The summed E-state index contributed by atoms with van der Waals surface area (Å²) in [6, 6.07) is 10.2. The summed E-state index contributed by atoms with van der Waals surface area (Å²) < 4.78 is 25.3.